The summed E-state index contributed by atoms with van der Waals surface area (Å²) in [7, 11) is 3.03. The number of hydrogen-bond acceptors (Lipinski definition) is 5. The van der Waals surface area contributed by atoms with Gasteiger partial charge in [-0.15, -0.1) is 0 Å². The molecule has 0 aromatic heterocycles. The quantitative estimate of drug-likeness (QED) is 0.691. The van der Waals surface area contributed by atoms with E-state index in [9.17, 15) is 9.59 Å². The zero-order valence-electron chi connectivity index (χ0n) is 14.7. The SMILES string of the molecule is COc1ccc(OC)c(NC(=O)C(C)OC(=O)Cc2ccc(Br)cc2)c1. The maximum absolute atomic E-state index is 12.3. The molecule has 0 bridgehead atoms. The highest BCUT2D eigenvalue weighted by Crippen LogP contribution is 2.29. The van der Waals surface area contributed by atoms with E-state index in [1.165, 1.54) is 21.1 Å². The fourth-order valence-electron chi connectivity index (χ4n) is 2.21. The number of anilines is 1. The number of benzene rings is 2. The standard InChI is InChI=1S/C19H20BrNO5/c1-12(26-18(22)10-13-4-6-14(20)7-5-13)19(23)21-16-11-15(24-2)8-9-17(16)25-3/h4-9,11-12H,10H2,1-3H3,(H,21,23). The van der Waals surface area contributed by atoms with E-state index in [2.05, 4.69) is 21.2 Å². The molecule has 2 aromatic rings. The van der Waals surface area contributed by atoms with Crippen LogP contribution in [0.15, 0.2) is 46.9 Å². The molecular weight excluding hydrogens is 402 g/mol. The first kappa shape index (κ1) is 19.8. The molecule has 7 heteroatoms. The molecule has 26 heavy (non-hydrogen) atoms. The number of carbonyl (C=O) groups is 2. The molecule has 0 aliphatic heterocycles. The predicted octanol–water partition coefficient (Wildman–Crippen LogP) is 3.58. The lowest BCUT2D eigenvalue weighted by Crippen LogP contribution is -2.30. The normalized spacial score (nSPS) is 11.4. The van der Waals surface area contributed by atoms with Crippen molar-refractivity contribution in [2.45, 2.75) is 19.4 Å². The molecule has 0 heterocycles. The molecule has 0 spiro atoms. The molecule has 0 saturated carbocycles. The summed E-state index contributed by atoms with van der Waals surface area (Å²) in [6.45, 7) is 1.52. The smallest absolute Gasteiger partial charge is 0.311 e. The zero-order valence-corrected chi connectivity index (χ0v) is 16.3. The average molecular weight is 422 g/mol. The van der Waals surface area contributed by atoms with Gasteiger partial charge < -0.3 is 19.5 Å². The lowest BCUT2D eigenvalue weighted by molar-refractivity contribution is -0.152. The van der Waals surface area contributed by atoms with Crippen molar-refractivity contribution in [3.05, 3.63) is 52.5 Å². The second-order valence-electron chi connectivity index (χ2n) is 5.49. The molecule has 138 valence electrons. The molecule has 0 saturated heterocycles. The molecule has 0 radical (unpaired) electrons. The minimum Gasteiger partial charge on any atom is -0.497 e. The summed E-state index contributed by atoms with van der Waals surface area (Å²) >= 11 is 3.34. The van der Waals surface area contributed by atoms with E-state index < -0.39 is 18.0 Å². The monoisotopic (exact) mass is 421 g/mol. The van der Waals surface area contributed by atoms with Crippen molar-refractivity contribution in [3.63, 3.8) is 0 Å². The van der Waals surface area contributed by atoms with Crippen molar-refractivity contribution < 1.29 is 23.8 Å². The maximum Gasteiger partial charge on any atom is 0.311 e. The van der Waals surface area contributed by atoms with Gasteiger partial charge in [0, 0.05) is 10.5 Å². The van der Waals surface area contributed by atoms with Gasteiger partial charge in [0.25, 0.3) is 5.91 Å². The van der Waals surface area contributed by atoms with Gasteiger partial charge in [-0.1, -0.05) is 28.1 Å². The summed E-state index contributed by atoms with van der Waals surface area (Å²) in [5.74, 6) is 0.113. The van der Waals surface area contributed by atoms with E-state index in [1.54, 1.807) is 18.2 Å². The third-order valence-electron chi connectivity index (χ3n) is 3.60. The van der Waals surface area contributed by atoms with Crippen LogP contribution in [0.5, 0.6) is 11.5 Å². The minimum absolute atomic E-state index is 0.0907. The van der Waals surface area contributed by atoms with Crippen LogP contribution >= 0.6 is 15.9 Å². The fraction of sp³-hybridized carbons (Fsp3) is 0.263. The lowest BCUT2D eigenvalue weighted by Gasteiger charge is -2.16. The maximum atomic E-state index is 12.3. The second-order valence-corrected chi connectivity index (χ2v) is 6.41. The van der Waals surface area contributed by atoms with Crippen molar-refractivity contribution in [1.29, 1.82) is 0 Å². The van der Waals surface area contributed by atoms with Gasteiger partial charge in [0.1, 0.15) is 11.5 Å². The van der Waals surface area contributed by atoms with Crippen LogP contribution in [0.4, 0.5) is 5.69 Å². The Hall–Kier alpha value is -2.54. The van der Waals surface area contributed by atoms with Crippen molar-refractivity contribution in [1.82, 2.24) is 0 Å². The Balaban J connectivity index is 1.96. The van der Waals surface area contributed by atoms with Crippen molar-refractivity contribution >= 4 is 33.5 Å². The summed E-state index contributed by atoms with van der Waals surface area (Å²) in [5.41, 5.74) is 1.24. The third kappa shape index (κ3) is 5.49. The summed E-state index contributed by atoms with van der Waals surface area (Å²) in [6, 6.07) is 12.3. The van der Waals surface area contributed by atoms with Crippen LogP contribution in [-0.4, -0.2) is 32.2 Å². The van der Waals surface area contributed by atoms with E-state index >= 15 is 0 Å². The number of methoxy groups -OCH3 is 2. The van der Waals surface area contributed by atoms with Crippen molar-refractivity contribution in [2.75, 3.05) is 19.5 Å². The van der Waals surface area contributed by atoms with Gasteiger partial charge in [-0.05, 0) is 36.8 Å². The van der Waals surface area contributed by atoms with Gasteiger partial charge in [0.15, 0.2) is 6.10 Å². The van der Waals surface area contributed by atoms with Crippen LogP contribution < -0.4 is 14.8 Å². The van der Waals surface area contributed by atoms with Crippen LogP contribution in [0.25, 0.3) is 0 Å². The van der Waals surface area contributed by atoms with Crippen LogP contribution in [0.2, 0.25) is 0 Å². The summed E-state index contributed by atoms with van der Waals surface area (Å²) in [5, 5.41) is 2.69. The van der Waals surface area contributed by atoms with Crippen LogP contribution in [-0.2, 0) is 20.7 Å². The largest absolute Gasteiger partial charge is 0.497 e. The van der Waals surface area contributed by atoms with Gasteiger partial charge in [-0.25, -0.2) is 0 Å². The Morgan fingerprint density at radius 1 is 1.08 bits per heavy atom. The van der Waals surface area contributed by atoms with E-state index in [1.807, 2.05) is 24.3 Å². The number of carbonyl (C=O) groups excluding carboxylic acids is 2. The number of rotatable bonds is 7. The number of hydrogen-bond donors (Lipinski definition) is 1. The number of nitrogens with one attached hydrogen (secondary N) is 1. The highest BCUT2D eigenvalue weighted by atomic mass is 79.9. The van der Waals surface area contributed by atoms with Crippen LogP contribution in [0, 0.1) is 0 Å². The molecule has 2 aromatic carbocycles. The Kier molecular flexibility index (Phi) is 7.03. The lowest BCUT2D eigenvalue weighted by atomic mass is 10.1. The minimum atomic E-state index is -0.950. The number of esters is 1. The Labute approximate surface area is 160 Å². The Bertz CT molecular complexity index is 776. The predicted molar refractivity (Wildman–Crippen MR) is 102 cm³/mol. The van der Waals surface area contributed by atoms with E-state index in [-0.39, 0.29) is 6.42 Å². The molecule has 2 rings (SSSR count). The highest BCUT2D eigenvalue weighted by Gasteiger charge is 2.19. The molecular formula is C19H20BrNO5. The van der Waals surface area contributed by atoms with Crippen molar-refractivity contribution in [2.24, 2.45) is 0 Å². The van der Waals surface area contributed by atoms with Crippen LogP contribution in [0.3, 0.4) is 0 Å². The molecule has 1 N–H and O–H groups in total. The molecule has 1 unspecified atom stereocenters. The molecule has 0 fully saturated rings. The summed E-state index contributed by atoms with van der Waals surface area (Å²) in [4.78, 5) is 24.4. The van der Waals surface area contributed by atoms with Gasteiger partial charge in [0.2, 0.25) is 0 Å². The Morgan fingerprint density at radius 2 is 1.77 bits per heavy atom. The average Bonchev–Trinajstić information content (AvgIpc) is 2.63. The van der Waals surface area contributed by atoms with Crippen LogP contribution in [0.1, 0.15) is 12.5 Å². The first-order chi connectivity index (χ1) is 12.4. The van der Waals surface area contributed by atoms with E-state index in [4.69, 9.17) is 14.2 Å². The number of halogens is 1. The van der Waals surface area contributed by atoms with Gasteiger partial charge in [0.05, 0.1) is 26.3 Å². The first-order valence-electron chi connectivity index (χ1n) is 7.89. The highest BCUT2D eigenvalue weighted by molar-refractivity contribution is 9.10. The molecule has 1 atom stereocenters. The molecule has 1 amide bonds. The molecule has 6 nitrogen and oxygen atoms in total. The summed E-state index contributed by atoms with van der Waals surface area (Å²) in [6.07, 6.45) is -0.859. The van der Waals surface area contributed by atoms with E-state index in [0.29, 0.717) is 17.2 Å². The second kappa shape index (κ2) is 9.24. The fourth-order valence-corrected chi connectivity index (χ4v) is 2.47. The van der Waals surface area contributed by atoms with Gasteiger partial charge in [-0.3, -0.25) is 9.59 Å². The summed E-state index contributed by atoms with van der Waals surface area (Å²) < 4.78 is 16.5. The third-order valence-corrected chi connectivity index (χ3v) is 4.13. The zero-order chi connectivity index (χ0) is 19.1. The Morgan fingerprint density at radius 3 is 2.38 bits per heavy atom. The topological polar surface area (TPSA) is 73.9 Å². The first-order valence-corrected chi connectivity index (χ1v) is 8.69. The molecule has 0 aliphatic rings. The number of ether oxygens (including phenoxy) is 3. The van der Waals surface area contributed by atoms with Gasteiger partial charge >= 0.3 is 5.97 Å². The van der Waals surface area contributed by atoms with E-state index in [0.717, 1.165) is 10.0 Å². The molecule has 0 aliphatic carbocycles. The van der Waals surface area contributed by atoms with Crippen molar-refractivity contribution in [3.8, 4) is 11.5 Å². The van der Waals surface area contributed by atoms with Gasteiger partial charge in [-0.2, -0.15) is 0 Å². The number of amides is 1.